The zero-order valence-corrected chi connectivity index (χ0v) is 11.7. The maximum absolute atomic E-state index is 9.79. The van der Waals surface area contributed by atoms with Gasteiger partial charge in [-0.2, -0.15) is 0 Å². The molecule has 108 valence electrons. The highest BCUT2D eigenvalue weighted by Crippen LogP contribution is 2.36. The third-order valence-corrected chi connectivity index (χ3v) is 2.71. The third kappa shape index (κ3) is 4.27. The summed E-state index contributed by atoms with van der Waals surface area (Å²) in [6, 6.07) is 3.50. The van der Waals surface area contributed by atoms with Crippen LogP contribution >= 0.6 is 0 Å². The van der Waals surface area contributed by atoms with Gasteiger partial charge in [0, 0.05) is 27.3 Å². The van der Waals surface area contributed by atoms with Gasteiger partial charge in [-0.1, -0.05) is 0 Å². The molecule has 0 radical (unpaired) electrons. The SMILES string of the molecule is COc1cc(CNCC(OC)OC)cc(OC)c1O. The number of hydrogen-bond donors (Lipinski definition) is 2. The van der Waals surface area contributed by atoms with Gasteiger partial charge >= 0.3 is 0 Å². The van der Waals surface area contributed by atoms with Crippen molar-refractivity contribution in [2.75, 3.05) is 35.0 Å². The number of aromatic hydroxyl groups is 1. The molecule has 2 N–H and O–H groups in total. The van der Waals surface area contributed by atoms with Crippen LogP contribution in [0.15, 0.2) is 12.1 Å². The number of benzene rings is 1. The fourth-order valence-corrected chi connectivity index (χ4v) is 1.65. The molecule has 0 amide bonds. The topological polar surface area (TPSA) is 69.2 Å². The van der Waals surface area contributed by atoms with E-state index < -0.39 is 0 Å². The number of methoxy groups -OCH3 is 4. The van der Waals surface area contributed by atoms with Crippen LogP contribution in [0.3, 0.4) is 0 Å². The summed E-state index contributed by atoms with van der Waals surface area (Å²) < 4.78 is 20.3. The van der Waals surface area contributed by atoms with Gasteiger partial charge in [-0.05, 0) is 17.7 Å². The fraction of sp³-hybridized carbons (Fsp3) is 0.538. The highest BCUT2D eigenvalue weighted by atomic mass is 16.7. The number of phenolic OH excluding ortho intramolecular Hbond substituents is 1. The van der Waals surface area contributed by atoms with Crippen LogP contribution in [0.5, 0.6) is 17.2 Å². The monoisotopic (exact) mass is 271 g/mol. The Bertz CT molecular complexity index is 368. The van der Waals surface area contributed by atoms with Crippen LogP contribution in [0, 0.1) is 0 Å². The summed E-state index contributed by atoms with van der Waals surface area (Å²) in [5, 5.41) is 13.0. The highest BCUT2D eigenvalue weighted by Gasteiger charge is 2.11. The lowest BCUT2D eigenvalue weighted by molar-refractivity contribution is -0.0989. The van der Waals surface area contributed by atoms with Gasteiger partial charge in [-0.15, -0.1) is 0 Å². The van der Waals surface area contributed by atoms with E-state index in [-0.39, 0.29) is 12.0 Å². The minimum absolute atomic E-state index is 0.000379. The largest absolute Gasteiger partial charge is 0.502 e. The van der Waals surface area contributed by atoms with E-state index in [4.69, 9.17) is 18.9 Å². The summed E-state index contributed by atoms with van der Waals surface area (Å²) in [6.45, 7) is 1.13. The van der Waals surface area contributed by atoms with Gasteiger partial charge in [-0.25, -0.2) is 0 Å². The lowest BCUT2D eigenvalue weighted by Crippen LogP contribution is -2.29. The number of rotatable bonds is 8. The first-order chi connectivity index (χ1) is 9.15. The second-order valence-corrected chi connectivity index (χ2v) is 3.88. The van der Waals surface area contributed by atoms with Crippen molar-refractivity contribution in [2.24, 2.45) is 0 Å². The minimum Gasteiger partial charge on any atom is -0.502 e. The van der Waals surface area contributed by atoms with Crippen molar-refractivity contribution in [1.82, 2.24) is 5.32 Å². The Kier molecular flexibility index (Phi) is 6.41. The molecule has 0 aliphatic carbocycles. The normalized spacial score (nSPS) is 10.8. The van der Waals surface area contributed by atoms with Gasteiger partial charge in [0.2, 0.25) is 5.75 Å². The zero-order valence-electron chi connectivity index (χ0n) is 11.7. The maximum atomic E-state index is 9.79. The first-order valence-corrected chi connectivity index (χ1v) is 5.86. The van der Waals surface area contributed by atoms with Crippen molar-refractivity contribution in [3.63, 3.8) is 0 Å². The molecule has 0 aromatic heterocycles. The van der Waals surface area contributed by atoms with E-state index in [9.17, 15) is 5.11 Å². The van der Waals surface area contributed by atoms with E-state index in [1.54, 1.807) is 26.4 Å². The molecule has 19 heavy (non-hydrogen) atoms. The number of ether oxygens (including phenoxy) is 4. The van der Waals surface area contributed by atoms with E-state index in [0.29, 0.717) is 24.6 Å². The second kappa shape index (κ2) is 7.83. The molecule has 6 heteroatoms. The molecule has 0 bridgehead atoms. The van der Waals surface area contributed by atoms with E-state index in [2.05, 4.69) is 5.32 Å². The van der Waals surface area contributed by atoms with Crippen molar-refractivity contribution in [3.8, 4) is 17.2 Å². The Morgan fingerprint density at radius 2 is 1.58 bits per heavy atom. The molecule has 0 atom stereocenters. The molecule has 0 unspecified atom stereocenters. The Morgan fingerprint density at radius 1 is 1.05 bits per heavy atom. The van der Waals surface area contributed by atoms with Crippen LogP contribution in [0.4, 0.5) is 0 Å². The summed E-state index contributed by atoms with van der Waals surface area (Å²) >= 11 is 0. The standard InChI is InChI=1S/C13H21NO5/c1-16-10-5-9(6-11(17-2)13(10)15)7-14-8-12(18-3)19-4/h5-6,12,14-15H,7-8H2,1-4H3. The molecule has 0 fully saturated rings. The summed E-state index contributed by atoms with van der Waals surface area (Å²) in [5.41, 5.74) is 0.928. The Balaban J connectivity index is 2.68. The summed E-state index contributed by atoms with van der Waals surface area (Å²) in [6.07, 6.45) is -0.291. The second-order valence-electron chi connectivity index (χ2n) is 3.88. The molecule has 1 aromatic carbocycles. The molecule has 6 nitrogen and oxygen atoms in total. The van der Waals surface area contributed by atoms with E-state index in [0.717, 1.165) is 5.56 Å². The molecule has 1 aromatic rings. The maximum Gasteiger partial charge on any atom is 0.200 e. The summed E-state index contributed by atoms with van der Waals surface area (Å²) in [7, 11) is 6.17. The van der Waals surface area contributed by atoms with E-state index in [1.807, 2.05) is 0 Å². The molecular formula is C13H21NO5. The van der Waals surface area contributed by atoms with Crippen LogP contribution < -0.4 is 14.8 Å². The molecule has 1 rings (SSSR count). The zero-order chi connectivity index (χ0) is 14.3. The van der Waals surface area contributed by atoms with Gasteiger partial charge in [0.25, 0.3) is 0 Å². The summed E-state index contributed by atoms with van der Waals surface area (Å²) in [5.74, 6) is 0.762. The van der Waals surface area contributed by atoms with E-state index >= 15 is 0 Å². The average molecular weight is 271 g/mol. The first-order valence-electron chi connectivity index (χ1n) is 5.86. The van der Waals surface area contributed by atoms with Gasteiger partial charge in [0.05, 0.1) is 14.2 Å². The smallest absolute Gasteiger partial charge is 0.200 e. The van der Waals surface area contributed by atoms with Crippen molar-refractivity contribution < 1.29 is 24.1 Å². The lowest BCUT2D eigenvalue weighted by atomic mass is 10.2. The number of hydrogen-bond acceptors (Lipinski definition) is 6. The van der Waals surface area contributed by atoms with E-state index in [1.165, 1.54) is 14.2 Å². The van der Waals surface area contributed by atoms with Crippen molar-refractivity contribution in [3.05, 3.63) is 17.7 Å². The molecule has 0 aliphatic rings. The molecule has 0 aliphatic heterocycles. The van der Waals surface area contributed by atoms with Crippen LogP contribution in [-0.4, -0.2) is 46.4 Å². The van der Waals surface area contributed by atoms with Crippen molar-refractivity contribution in [2.45, 2.75) is 12.8 Å². The van der Waals surface area contributed by atoms with Gasteiger partial charge < -0.3 is 29.4 Å². The fourth-order valence-electron chi connectivity index (χ4n) is 1.65. The number of phenols is 1. The quantitative estimate of drug-likeness (QED) is 0.690. The third-order valence-electron chi connectivity index (χ3n) is 2.71. The molecular weight excluding hydrogens is 250 g/mol. The summed E-state index contributed by atoms with van der Waals surface area (Å²) in [4.78, 5) is 0. The molecule has 0 heterocycles. The Hall–Kier alpha value is -1.50. The van der Waals surface area contributed by atoms with Crippen LogP contribution in [0.25, 0.3) is 0 Å². The Morgan fingerprint density at radius 3 is 2.00 bits per heavy atom. The predicted molar refractivity (Wildman–Crippen MR) is 70.7 cm³/mol. The minimum atomic E-state index is -0.291. The van der Waals surface area contributed by atoms with Crippen LogP contribution in [0.1, 0.15) is 5.56 Å². The van der Waals surface area contributed by atoms with Gasteiger partial charge in [-0.3, -0.25) is 0 Å². The average Bonchev–Trinajstić information content (AvgIpc) is 2.44. The molecule has 0 saturated heterocycles. The lowest BCUT2D eigenvalue weighted by Gasteiger charge is -2.15. The molecule has 0 saturated carbocycles. The van der Waals surface area contributed by atoms with Gasteiger partial charge in [0.15, 0.2) is 17.8 Å². The first kappa shape index (κ1) is 15.6. The van der Waals surface area contributed by atoms with Crippen molar-refractivity contribution in [1.29, 1.82) is 0 Å². The number of nitrogens with one attached hydrogen (secondary N) is 1. The molecule has 0 spiro atoms. The van der Waals surface area contributed by atoms with Crippen LogP contribution in [-0.2, 0) is 16.0 Å². The van der Waals surface area contributed by atoms with Gasteiger partial charge in [0.1, 0.15) is 0 Å². The van der Waals surface area contributed by atoms with Crippen LogP contribution in [0.2, 0.25) is 0 Å². The highest BCUT2D eigenvalue weighted by molar-refractivity contribution is 5.52. The van der Waals surface area contributed by atoms with Crippen molar-refractivity contribution >= 4 is 0 Å². The Labute approximate surface area is 113 Å². The predicted octanol–water partition coefficient (Wildman–Crippen LogP) is 1.12.